The van der Waals surface area contributed by atoms with Crippen LogP contribution in [-0.4, -0.2) is 125 Å². The first-order valence-electron chi connectivity index (χ1n) is 10.2. The maximum Gasteiger partial charge on any atom is 0.293 e. The molecule has 0 bridgehead atoms. The molecule has 0 aliphatic heterocycles. The minimum atomic E-state index is 0.259. The molecule has 0 atom stereocenters. The van der Waals surface area contributed by atoms with E-state index in [2.05, 4.69) is 17.4 Å². The first kappa shape index (κ1) is 29.5. The Labute approximate surface area is 185 Å². The molecule has 180 valence electrons. The second-order valence-electron chi connectivity index (χ2n) is 5.59. The Morgan fingerprint density at radius 1 is 0.400 bits per heavy atom. The van der Waals surface area contributed by atoms with E-state index in [9.17, 15) is 4.79 Å². The molecule has 0 aromatic heterocycles. The summed E-state index contributed by atoms with van der Waals surface area (Å²) < 4.78 is 47.1. The molecule has 0 saturated carbocycles. The van der Waals surface area contributed by atoms with Gasteiger partial charge in [-0.3, -0.25) is 4.79 Å². The zero-order valence-electron chi connectivity index (χ0n) is 17.8. The Kier molecular flexibility index (Phi) is 28.0. The van der Waals surface area contributed by atoms with E-state index >= 15 is 0 Å². The topological polar surface area (TPSA) is 100 Å². The summed E-state index contributed by atoms with van der Waals surface area (Å²) in [5.74, 6) is 0.720. The van der Waals surface area contributed by atoms with Crippen LogP contribution >= 0.6 is 12.6 Å². The van der Waals surface area contributed by atoms with E-state index in [0.717, 1.165) is 5.75 Å². The molecular formula is C19H38O10S. The van der Waals surface area contributed by atoms with Gasteiger partial charge in [-0.05, 0) is 0 Å². The van der Waals surface area contributed by atoms with Crippen LogP contribution in [0.15, 0.2) is 0 Å². The molecule has 10 nitrogen and oxygen atoms in total. The SMILES string of the molecule is O=COCCOCCOCCOCCOCCOCCOCCOCCOCCS. The minimum Gasteiger partial charge on any atom is -0.465 e. The van der Waals surface area contributed by atoms with Gasteiger partial charge in [-0.1, -0.05) is 0 Å². The fourth-order valence-electron chi connectivity index (χ4n) is 1.86. The van der Waals surface area contributed by atoms with Crippen LogP contribution in [0.5, 0.6) is 0 Å². The number of thiol groups is 1. The molecule has 0 N–H and O–H groups in total. The normalized spacial score (nSPS) is 11.1. The Morgan fingerprint density at radius 3 is 0.867 bits per heavy atom. The number of ether oxygens (including phenoxy) is 9. The lowest BCUT2D eigenvalue weighted by Gasteiger charge is -2.08. The number of rotatable bonds is 27. The smallest absolute Gasteiger partial charge is 0.293 e. The van der Waals surface area contributed by atoms with Crippen molar-refractivity contribution in [3.8, 4) is 0 Å². The van der Waals surface area contributed by atoms with Crippen LogP contribution in [0.25, 0.3) is 0 Å². The molecule has 0 aromatic rings. The van der Waals surface area contributed by atoms with E-state index in [4.69, 9.17) is 37.9 Å². The molecule has 0 saturated heterocycles. The summed E-state index contributed by atoms with van der Waals surface area (Å²) in [4.78, 5) is 9.90. The lowest BCUT2D eigenvalue weighted by Crippen LogP contribution is -2.15. The average molecular weight is 459 g/mol. The van der Waals surface area contributed by atoms with Gasteiger partial charge in [0.15, 0.2) is 0 Å². The maximum absolute atomic E-state index is 9.90. The van der Waals surface area contributed by atoms with Crippen LogP contribution < -0.4 is 0 Å². The number of carbonyl (C=O) groups excluding carboxylic acids is 1. The molecule has 0 amide bonds. The molecule has 11 heteroatoms. The van der Waals surface area contributed by atoms with Crippen molar-refractivity contribution in [2.75, 3.05) is 118 Å². The van der Waals surface area contributed by atoms with Crippen LogP contribution in [-0.2, 0) is 47.4 Å². The third kappa shape index (κ3) is 27.5. The molecule has 0 rings (SSSR count). The fraction of sp³-hybridized carbons (Fsp3) is 0.947. The summed E-state index contributed by atoms with van der Waals surface area (Å²) >= 11 is 4.05. The molecule has 0 aliphatic rings. The Hall–Kier alpha value is -0.500. The highest BCUT2D eigenvalue weighted by Crippen LogP contribution is 1.86. The molecule has 0 aliphatic carbocycles. The predicted molar refractivity (Wildman–Crippen MR) is 112 cm³/mol. The number of hydrogen-bond donors (Lipinski definition) is 1. The Bertz CT molecular complexity index is 326. The average Bonchev–Trinajstić information content (AvgIpc) is 2.76. The fourth-order valence-corrected chi connectivity index (χ4v) is 1.99. The van der Waals surface area contributed by atoms with Crippen molar-refractivity contribution in [3.63, 3.8) is 0 Å². The van der Waals surface area contributed by atoms with Gasteiger partial charge < -0.3 is 42.6 Å². The molecular weight excluding hydrogens is 420 g/mol. The molecule has 0 aromatic carbocycles. The molecule has 0 fully saturated rings. The summed E-state index contributed by atoms with van der Waals surface area (Å²) in [6, 6.07) is 0. The number of carbonyl (C=O) groups is 1. The van der Waals surface area contributed by atoms with Gasteiger partial charge in [-0.2, -0.15) is 12.6 Å². The van der Waals surface area contributed by atoms with Gasteiger partial charge in [-0.15, -0.1) is 0 Å². The third-order valence-electron chi connectivity index (χ3n) is 3.25. The maximum atomic E-state index is 9.90. The highest BCUT2D eigenvalue weighted by atomic mass is 32.1. The summed E-state index contributed by atoms with van der Waals surface area (Å²) in [5, 5.41) is 0. The van der Waals surface area contributed by atoms with Crippen molar-refractivity contribution in [2.24, 2.45) is 0 Å². The quantitative estimate of drug-likeness (QED) is 0.105. The van der Waals surface area contributed by atoms with Crippen LogP contribution in [0.4, 0.5) is 0 Å². The Morgan fingerprint density at radius 2 is 0.633 bits per heavy atom. The zero-order valence-corrected chi connectivity index (χ0v) is 18.7. The first-order valence-corrected chi connectivity index (χ1v) is 10.8. The van der Waals surface area contributed by atoms with Gasteiger partial charge in [-0.25, -0.2) is 0 Å². The van der Waals surface area contributed by atoms with E-state index in [0.29, 0.717) is 112 Å². The van der Waals surface area contributed by atoms with Crippen molar-refractivity contribution >= 4 is 19.1 Å². The second kappa shape index (κ2) is 28.5. The highest BCUT2D eigenvalue weighted by Gasteiger charge is 1.95. The standard InChI is InChI=1S/C19H38O10S/c20-19-29-16-15-27-12-11-25-8-7-23-4-3-21-1-2-22-5-6-24-9-10-26-13-14-28-17-18-30/h19,30H,1-18H2. The van der Waals surface area contributed by atoms with Crippen molar-refractivity contribution in [1.82, 2.24) is 0 Å². The summed E-state index contributed by atoms with van der Waals surface area (Å²) in [6.45, 7) is 8.92. The van der Waals surface area contributed by atoms with E-state index in [-0.39, 0.29) is 6.61 Å². The summed E-state index contributed by atoms with van der Waals surface area (Å²) in [6.07, 6.45) is 0. The second-order valence-corrected chi connectivity index (χ2v) is 6.04. The van der Waals surface area contributed by atoms with Gasteiger partial charge >= 0.3 is 0 Å². The molecule has 0 radical (unpaired) electrons. The van der Waals surface area contributed by atoms with Gasteiger partial charge in [0, 0.05) is 5.75 Å². The zero-order chi connectivity index (χ0) is 21.8. The minimum absolute atomic E-state index is 0.259. The van der Waals surface area contributed by atoms with E-state index in [1.54, 1.807) is 0 Å². The predicted octanol–water partition coefficient (Wildman–Crippen LogP) is 0.222. The summed E-state index contributed by atoms with van der Waals surface area (Å²) in [5.41, 5.74) is 0. The lowest BCUT2D eigenvalue weighted by molar-refractivity contribution is -0.130. The van der Waals surface area contributed by atoms with E-state index in [1.165, 1.54) is 0 Å². The van der Waals surface area contributed by atoms with Gasteiger partial charge in [0.2, 0.25) is 0 Å². The number of hydrogen-bond acceptors (Lipinski definition) is 11. The van der Waals surface area contributed by atoms with Gasteiger partial charge in [0.25, 0.3) is 6.47 Å². The van der Waals surface area contributed by atoms with Crippen LogP contribution in [0.3, 0.4) is 0 Å². The van der Waals surface area contributed by atoms with Crippen LogP contribution in [0.2, 0.25) is 0 Å². The monoisotopic (exact) mass is 458 g/mol. The summed E-state index contributed by atoms with van der Waals surface area (Å²) in [7, 11) is 0. The highest BCUT2D eigenvalue weighted by molar-refractivity contribution is 7.80. The third-order valence-corrected chi connectivity index (χ3v) is 3.44. The van der Waals surface area contributed by atoms with Gasteiger partial charge in [0.1, 0.15) is 6.61 Å². The van der Waals surface area contributed by atoms with Crippen molar-refractivity contribution < 1.29 is 47.4 Å². The first-order chi connectivity index (χ1) is 14.9. The van der Waals surface area contributed by atoms with E-state index in [1.807, 2.05) is 0 Å². The van der Waals surface area contributed by atoms with Crippen LogP contribution in [0, 0.1) is 0 Å². The molecule has 0 unspecified atom stereocenters. The van der Waals surface area contributed by atoms with Crippen molar-refractivity contribution in [1.29, 1.82) is 0 Å². The molecule has 0 heterocycles. The van der Waals surface area contributed by atoms with Crippen molar-refractivity contribution in [2.45, 2.75) is 0 Å². The Balaban J connectivity index is 2.98. The largest absolute Gasteiger partial charge is 0.465 e. The molecule has 30 heavy (non-hydrogen) atoms. The van der Waals surface area contributed by atoms with Crippen LogP contribution in [0.1, 0.15) is 0 Å². The van der Waals surface area contributed by atoms with Gasteiger partial charge in [0.05, 0.1) is 106 Å². The molecule has 0 spiro atoms. The lowest BCUT2D eigenvalue weighted by atomic mass is 10.6. The van der Waals surface area contributed by atoms with Crippen molar-refractivity contribution in [3.05, 3.63) is 0 Å². The van der Waals surface area contributed by atoms with E-state index < -0.39 is 0 Å².